The molecule has 1 amide bonds. The van der Waals surface area contributed by atoms with Crippen molar-refractivity contribution in [1.29, 1.82) is 0 Å². The van der Waals surface area contributed by atoms with Gasteiger partial charge in [-0.2, -0.15) is 0 Å². The zero-order valence-corrected chi connectivity index (χ0v) is 13.5. The van der Waals surface area contributed by atoms with Gasteiger partial charge in [-0.15, -0.1) is 0 Å². The maximum atomic E-state index is 13.5. The maximum absolute atomic E-state index is 13.5. The molecule has 0 bridgehead atoms. The van der Waals surface area contributed by atoms with Crippen LogP contribution in [0.4, 0.5) is 4.39 Å². The first-order chi connectivity index (χ1) is 11.6. The van der Waals surface area contributed by atoms with Crippen molar-refractivity contribution in [3.63, 3.8) is 0 Å². The van der Waals surface area contributed by atoms with Gasteiger partial charge in [-0.1, -0.05) is 12.8 Å². The molecule has 0 atom stereocenters. The molecule has 0 spiro atoms. The molecule has 1 aliphatic carbocycles. The minimum atomic E-state index is -0.448. The molecule has 0 unspecified atom stereocenters. The van der Waals surface area contributed by atoms with Gasteiger partial charge in [-0.25, -0.2) is 9.18 Å². The normalized spacial score (nSPS) is 20.1. The second-order valence-electron chi connectivity index (χ2n) is 6.89. The highest BCUT2D eigenvalue weighted by Gasteiger charge is 2.31. The third-order valence-corrected chi connectivity index (χ3v) is 5.42. The van der Waals surface area contributed by atoms with Crippen molar-refractivity contribution < 1.29 is 13.6 Å². The molecule has 2 heterocycles. The zero-order chi connectivity index (χ0) is 16.7. The quantitative estimate of drug-likeness (QED) is 0.849. The summed E-state index contributed by atoms with van der Waals surface area (Å²) >= 11 is 0. The van der Waals surface area contributed by atoms with E-state index in [0.717, 1.165) is 25.7 Å². The summed E-state index contributed by atoms with van der Waals surface area (Å²) in [7, 11) is 0. The van der Waals surface area contributed by atoms with Crippen LogP contribution in [0.15, 0.2) is 27.4 Å². The third kappa shape index (κ3) is 2.64. The molecule has 0 radical (unpaired) electrons. The average molecular weight is 332 g/mol. The van der Waals surface area contributed by atoms with Crippen LogP contribution in [0.3, 0.4) is 0 Å². The van der Waals surface area contributed by atoms with Crippen molar-refractivity contribution in [2.24, 2.45) is 5.92 Å². The number of aromatic nitrogens is 1. The SMILES string of the molecule is O=C(C1CCCC1)N1CCC(n2c(=O)oc3ccc(F)cc32)CC1. The first kappa shape index (κ1) is 15.4. The molecule has 1 saturated heterocycles. The van der Waals surface area contributed by atoms with Gasteiger partial charge in [0, 0.05) is 31.1 Å². The standard InChI is InChI=1S/C18H21FN2O3/c19-13-5-6-16-15(11-13)21(18(23)24-16)14-7-9-20(10-8-14)17(22)12-3-1-2-4-12/h5-6,11-12,14H,1-4,7-10H2. The summed E-state index contributed by atoms with van der Waals surface area (Å²) in [4.78, 5) is 26.6. The molecule has 1 saturated carbocycles. The van der Waals surface area contributed by atoms with E-state index in [-0.39, 0.29) is 23.7 Å². The smallest absolute Gasteiger partial charge is 0.408 e. The summed E-state index contributed by atoms with van der Waals surface area (Å²) < 4.78 is 20.3. The number of likely N-dealkylation sites (tertiary alicyclic amines) is 1. The number of piperidine rings is 1. The van der Waals surface area contributed by atoms with Gasteiger partial charge in [0.05, 0.1) is 5.52 Å². The number of rotatable bonds is 2. The number of carbonyl (C=O) groups excluding carboxylic acids is 1. The predicted molar refractivity (Wildman–Crippen MR) is 87.2 cm³/mol. The number of halogens is 1. The van der Waals surface area contributed by atoms with Crippen molar-refractivity contribution in [3.05, 3.63) is 34.6 Å². The monoisotopic (exact) mass is 332 g/mol. The molecule has 2 fully saturated rings. The van der Waals surface area contributed by atoms with Crippen LogP contribution in [-0.4, -0.2) is 28.5 Å². The number of amides is 1. The summed E-state index contributed by atoms with van der Waals surface area (Å²) in [6.07, 6.45) is 5.70. The van der Waals surface area contributed by atoms with E-state index < -0.39 is 5.76 Å². The lowest BCUT2D eigenvalue weighted by Gasteiger charge is -2.33. The minimum Gasteiger partial charge on any atom is -0.408 e. The Kier molecular flexibility index (Phi) is 3.90. The van der Waals surface area contributed by atoms with Crippen molar-refractivity contribution in [2.75, 3.05) is 13.1 Å². The lowest BCUT2D eigenvalue weighted by molar-refractivity contribution is -0.136. The fourth-order valence-electron chi connectivity index (χ4n) is 4.13. The van der Waals surface area contributed by atoms with E-state index in [1.54, 1.807) is 4.57 Å². The zero-order valence-electron chi connectivity index (χ0n) is 13.5. The van der Waals surface area contributed by atoms with E-state index in [2.05, 4.69) is 0 Å². The highest BCUT2D eigenvalue weighted by atomic mass is 19.1. The fourth-order valence-corrected chi connectivity index (χ4v) is 4.13. The number of oxazole rings is 1. The Morgan fingerprint density at radius 2 is 1.83 bits per heavy atom. The Hall–Kier alpha value is -2.11. The Balaban J connectivity index is 1.52. The highest BCUT2D eigenvalue weighted by Crippen LogP contribution is 2.30. The van der Waals surface area contributed by atoms with E-state index >= 15 is 0 Å². The summed E-state index contributed by atoms with van der Waals surface area (Å²) in [5.41, 5.74) is 0.909. The Morgan fingerprint density at radius 1 is 1.12 bits per heavy atom. The van der Waals surface area contributed by atoms with Crippen LogP contribution in [0.5, 0.6) is 0 Å². The lowest BCUT2D eigenvalue weighted by Crippen LogP contribution is -2.42. The minimum absolute atomic E-state index is 0.0480. The van der Waals surface area contributed by atoms with Gasteiger partial charge in [0.1, 0.15) is 5.82 Å². The number of fused-ring (bicyclic) bond motifs is 1. The highest BCUT2D eigenvalue weighted by molar-refractivity contribution is 5.79. The van der Waals surface area contributed by atoms with E-state index in [0.29, 0.717) is 37.0 Å². The number of nitrogens with zero attached hydrogens (tertiary/aromatic N) is 2. The summed E-state index contributed by atoms with van der Waals surface area (Å²) in [5, 5.41) is 0. The third-order valence-electron chi connectivity index (χ3n) is 5.42. The largest absolute Gasteiger partial charge is 0.420 e. The average Bonchev–Trinajstić information content (AvgIpc) is 3.21. The summed E-state index contributed by atoms with van der Waals surface area (Å²) in [6.45, 7) is 1.29. The lowest BCUT2D eigenvalue weighted by atomic mass is 10.0. The van der Waals surface area contributed by atoms with Gasteiger partial charge in [0.15, 0.2) is 5.58 Å². The Bertz CT molecular complexity index is 811. The molecule has 128 valence electrons. The molecule has 2 aromatic rings. The van der Waals surface area contributed by atoms with Gasteiger partial charge in [0.2, 0.25) is 5.91 Å². The molecular weight excluding hydrogens is 311 g/mol. The van der Waals surface area contributed by atoms with Crippen molar-refractivity contribution in [2.45, 2.75) is 44.6 Å². The van der Waals surface area contributed by atoms with Gasteiger partial charge >= 0.3 is 5.76 Å². The van der Waals surface area contributed by atoms with Crippen molar-refractivity contribution >= 4 is 17.0 Å². The number of benzene rings is 1. The first-order valence-corrected chi connectivity index (χ1v) is 8.73. The van der Waals surface area contributed by atoms with E-state index in [4.69, 9.17) is 4.42 Å². The van der Waals surface area contributed by atoms with E-state index in [1.165, 1.54) is 18.2 Å². The predicted octanol–water partition coefficient (Wildman–Crippen LogP) is 3.09. The molecule has 1 aliphatic heterocycles. The summed E-state index contributed by atoms with van der Waals surface area (Å²) in [5.74, 6) is -0.378. The van der Waals surface area contributed by atoms with Crippen LogP contribution in [0.2, 0.25) is 0 Å². The second-order valence-corrected chi connectivity index (χ2v) is 6.89. The number of hydrogen-bond acceptors (Lipinski definition) is 3. The summed E-state index contributed by atoms with van der Waals surface area (Å²) in [6, 6.07) is 4.07. The van der Waals surface area contributed by atoms with Crippen LogP contribution >= 0.6 is 0 Å². The second kappa shape index (κ2) is 6.07. The van der Waals surface area contributed by atoms with Crippen LogP contribution in [-0.2, 0) is 4.79 Å². The number of carbonyl (C=O) groups is 1. The fraction of sp³-hybridized carbons (Fsp3) is 0.556. The molecule has 6 heteroatoms. The van der Waals surface area contributed by atoms with Gasteiger partial charge in [0.25, 0.3) is 0 Å². The topological polar surface area (TPSA) is 55.5 Å². The van der Waals surface area contributed by atoms with Crippen LogP contribution < -0.4 is 5.76 Å². The van der Waals surface area contributed by atoms with Gasteiger partial charge in [-0.3, -0.25) is 9.36 Å². The van der Waals surface area contributed by atoms with Crippen molar-refractivity contribution in [3.8, 4) is 0 Å². The Morgan fingerprint density at radius 3 is 2.54 bits per heavy atom. The molecular formula is C18H21FN2O3. The molecule has 24 heavy (non-hydrogen) atoms. The molecule has 4 rings (SSSR count). The molecule has 1 aromatic carbocycles. The van der Waals surface area contributed by atoms with Crippen LogP contribution in [0.25, 0.3) is 11.1 Å². The van der Waals surface area contributed by atoms with Gasteiger partial charge < -0.3 is 9.32 Å². The molecule has 5 nitrogen and oxygen atoms in total. The first-order valence-electron chi connectivity index (χ1n) is 8.73. The molecule has 1 aromatic heterocycles. The maximum Gasteiger partial charge on any atom is 0.420 e. The van der Waals surface area contributed by atoms with E-state index in [1.807, 2.05) is 4.90 Å². The Labute approximate surface area is 139 Å². The molecule has 0 N–H and O–H groups in total. The van der Waals surface area contributed by atoms with Crippen LogP contribution in [0.1, 0.15) is 44.6 Å². The van der Waals surface area contributed by atoms with Crippen LogP contribution in [0, 0.1) is 11.7 Å². The number of hydrogen-bond donors (Lipinski definition) is 0. The molecule has 2 aliphatic rings. The van der Waals surface area contributed by atoms with E-state index in [9.17, 15) is 14.0 Å². The van der Waals surface area contributed by atoms with Crippen molar-refractivity contribution in [1.82, 2.24) is 9.47 Å². The van der Waals surface area contributed by atoms with Gasteiger partial charge in [-0.05, 0) is 37.8 Å².